The molecule has 0 atom stereocenters. The van der Waals surface area contributed by atoms with Crippen LogP contribution in [-0.2, 0) is 17.6 Å². The first kappa shape index (κ1) is 23.2. The Hall–Kier alpha value is -2.04. The largest absolute Gasteiger partial charge is 0.357 e. The topological polar surface area (TPSA) is 56.7 Å². The van der Waals surface area contributed by atoms with E-state index in [1.165, 1.54) is 11.1 Å². The molecule has 1 aromatic carbocycles. The number of rotatable bonds is 9. The van der Waals surface area contributed by atoms with Crippen LogP contribution in [-0.4, -0.2) is 49.0 Å². The molecule has 0 aromatic heterocycles. The molecule has 5 heteroatoms. The average Bonchev–Trinajstić information content (AvgIpc) is 2.75. The van der Waals surface area contributed by atoms with Crippen molar-refractivity contribution in [2.24, 2.45) is 10.9 Å². The Kier molecular flexibility index (Phi) is 10.0. The molecule has 0 bridgehead atoms. The number of nitrogens with zero attached hydrogens (tertiary/aromatic N) is 2. The van der Waals surface area contributed by atoms with Crippen molar-refractivity contribution < 1.29 is 4.79 Å². The van der Waals surface area contributed by atoms with Crippen LogP contribution in [0.3, 0.4) is 0 Å². The van der Waals surface area contributed by atoms with E-state index < -0.39 is 0 Å². The Bertz CT molecular complexity index is 629. The second-order valence-corrected chi connectivity index (χ2v) is 7.94. The zero-order valence-corrected chi connectivity index (χ0v) is 18.8. The fourth-order valence-corrected chi connectivity index (χ4v) is 3.89. The van der Waals surface area contributed by atoms with Crippen molar-refractivity contribution in [2.75, 3.05) is 26.2 Å². The van der Waals surface area contributed by atoms with Gasteiger partial charge in [0, 0.05) is 38.1 Å². The van der Waals surface area contributed by atoms with Gasteiger partial charge in [-0.15, -0.1) is 0 Å². The third-order valence-electron chi connectivity index (χ3n) is 5.93. The number of guanidine groups is 1. The molecule has 0 spiro atoms. The molecule has 1 amide bonds. The summed E-state index contributed by atoms with van der Waals surface area (Å²) < 4.78 is 0. The van der Waals surface area contributed by atoms with E-state index in [4.69, 9.17) is 4.99 Å². The molecule has 0 unspecified atom stereocenters. The lowest BCUT2D eigenvalue weighted by atomic mass is 9.98. The van der Waals surface area contributed by atoms with Crippen molar-refractivity contribution in [3.8, 4) is 0 Å². The van der Waals surface area contributed by atoms with E-state index in [2.05, 4.69) is 67.5 Å². The van der Waals surface area contributed by atoms with Gasteiger partial charge in [-0.2, -0.15) is 0 Å². The van der Waals surface area contributed by atoms with Crippen LogP contribution in [0, 0.1) is 5.92 Å². The van der Waals surface area contributed by atoms with E-state index in [9.17, 15) is 4.79 Å². The lowest BCUT2D eigenvalue weighted by Crippen LogP contribution is -2.50. The highest BCUT2D eigenvalue weighted by Gasteiger charge is 2.26. The van der Waals surface area contributed by atoms with Crippen LogP contribution >= 0.6 is 0 Å². The molecule has 162 valence electrons. The van der Waals surface area contributed by atoms with Crippen molar-refractivity contribution in [1.29, 1.82) is 0 Å². The Labute approximate surface area is 177 Å². The lowest BCUT2D eigenvalue weighted by Gasteiger charge is -2.34. The first-order chi connectivity index (χ1) is 14.1. The highest BCUT2D eigenvalue weighted by molar-refractivity contribution is 5.80. The molecule has 0 saturated carbocycles. The van der Waals surface area contributed by atoms with Crippen LogP contribution in [0.5, 0.6) is 0 Å². The Morgan fingerprint density at radius 1 is 1.07 bits per heavy atom. The minimum Gasteiger partial charge on any atom is -0.357 e. The van der Waals surface area contributed by atoms with Gasteiger partial charge in [0.05, 0.1) is 0 Å². The van der Waals surface area contributed by atoms with Crippen LogP contribution in [0.1, 0.15) is 64.5 Å². The number of aliphatic imine (C=N–C) groups is 1. The molecular formula is C24H40N4O. The van der Waals surface area contributed by atoms with E-state index >= 15 is 0 Å². The maximum atomic E-state index is 12.6. The second kappa shape index (κ2) is 12.5. The summed E-state index contributed by atoms with van der Waals surface area (Å²) in [6.45, 7) is 11.8. The number of likely N-dealkylation sites (tertiary alicyclic amines) is 1. The van der Waals surface area contributed by atoms with Crippen LogP contribution < -0.4 is 10.6 Å². The maximum Gasteiger partial charge on any atom is 0.225 e. The first-order valence-electron chi connectivity index (χ1n) is 11.5. The zero-order chi connectivity index (χ0) is 21.1. The molecule has 1 saturated heterocycles. The molecule has 2 rings (SSSR count). The average molecular weight is 401 g/mol. The van der Waals surface area contributed by atoms with Gasteiger partial charge >= 0.3 is 0 Å². The SMILES string of the molecule is CCNC(=NCCc1ccc(CC)cc1)NC1CCN(C(=O)C(CC)CC)CC1. The van der Waals surface area contributed by atoms with Crippen molar-refractivity contribution >= 4 is 11.9 Å². The monoisotopic (exact) mass is 400 g/mol. The predicted molar refractivity (Wildman–Crippen MR) is 122 cm³/mol. The first-order valence-corrected chi connectivity index (χ1v) is 11.5. The van der Waals surface area contributed by atoms with E-state index in [0.717, 1.165) is 70.7 Å². The molecule has 29 heavy (non-hydrogen) atoms. The van der Waals surface area contributed by atoms with Crippen LogP contribution in [0.4, 0.5) is 0 Å². The lowest BCUT2D eigenvalue weighted by molar-refractivity contribution is -0.136. The minimum absolute atomic E-state index is 0.185. The van der Waals surface area contributed by atoms with E-state index in [1.807, 2.05) is 0 Å². The maximum absolute atomic E-state index is 12.6. The van der Waals surface area contributed by atoms with Crippen molar-refractivity contribution in [1.82, 2.24) is 15.5 Å². The number of carbonyl (C=O) groups is 1. The number of carbonyl (C=O) groups excluding carboxylic acids is 1. The summed E-state index contributed by atoms with van der Waals surface area (Å²) in [6.07, 6.45) is 5.86. The summed E-state index contributed by atoms with van der Waals surface area (Å²) >= 11 is 0. The van der Waals surface area contributed by atoms with Gasteiger partial charge in [0.25, 0.3) is 0 Å². The molecule has 1 aliphatic rings. The Morgan fingerprint density at radius 2 is 1.69 bits per heavy atom. The van der Waals surface area contributed by atoms with Crippen molar-refractivity contribution in [3.63, 3.8) is 0 Å². The normalized spacial score (nSPS) is 15.6. The number of hydrogen-bond donors (Lipinski definition) is 2. The summed E-state index contributed by atoms with van der Waals surface area (Å²) in [6, 6.07) is 9.21. The summed E-state index contributed by atoms with van der Waals surface area (Å²) in [7, 11) is 0. The summed E-state index contributed by atoms with van der Waals surface area (Å²) in [5.41, 5.74) is 2.70. The zero-order valence-electron chi connectivity index (χ0n) is 18.8. The third-order valence-corrected chi connectivity index (χ3v) is 5.93. The minimum atomic E-state index is 0.185. The predicted octanol–water partition coefficient (Wildman–Crippen LogP) is 3.77. The standard InChI is InChI=1S/C24H40N4O/c1-5-19-9-11-20(12-10-19)13-16-26-24(25-8-4)27-22-14-17-28(18-15-22)23(29)21(6-2)7-3/h9-12,21-22H,5-8,13-18H2,1-4H3,(H2,25,26,27). The highest BCUT2D eigenvalue weighted by Crippen LogP contribution is 2.17. The third kappa shape index (κ3) is 7.37. The molecule has 1 aliphatic heterocycles. The fraction of sp³-hybridized carbons (Fsp3) is 0.667. The van der Waals surface area contributed by atoms with Gasteiger partial charge in [0.1, 0.15) is 0 Å². The highest BCUT2D eigenvalue weighted by atomic mass is 16.2. The molecule has 0 radical (unpaired) electrons. The number of hydrogen-bond acceptors (Lipinski definition) is 2. The summed E-state index contributed by atoms with van der Waals surface area (Å²) in [4.78, 5) is 19.4. The van der Waals surface area contributed by atoms with Gasteiger partial charge in [0.2, 0.25) is 5.91 Å². The number of aryl methyl sites for hydroxylation is 1. The molecule has 1 heterocycles. The fourth-order valence-electron chi connectivity index (χ4n) is 3.89. The van der Waals surface area contributed by atoms with Crippen LogP contribution in [0.15, 0.2) is 29.3 Å². The molecule has 0 aliphatic carbocycles. The van der Waals surface area contributed by atoms with E-state index in [0.29, 0.717) is 11.9 Å². The Balaban J connectivity index is 1.82. The smallest absolute Gasteiger partial charge is 0.225 e. The quantitative estimate of drug-likeness (QED) is 0.490. The summed E-state index contributed by atoms with van der Waals surface area (Å²) in [5, 5.41) is 6.94. The van der Waals surface area contributed by atoms with Crippen LogP contribution in [0.25, 0.3) is 0 Å². The van der Waals surface area contributed by atoms with Crippen LogP contribution in [0.2, 0.25) is 0 Å². The number of nitrogens with one attached hydrogen (secondary N) is 2. The molecule has 1 aromatic rings. The van der Waals surface area contributed by atoms with Gasteiger partial charge in [-0.3, -0.25) is 9.79 Å². The number of piperidine rings is 1. The number of benzene rings is 1. The van der Waals surface area contributed by atoms with Crippen molar-refractivity contribution in [2.45, 2.75) is 72.3 Å². The van der Waals surface area contributed by atoms with Gasteiger partial charge in [-0.25, -0.2) is 0 Å². The number of amides is 1. The molecule has 2 N–H and O–H groups in total. The van der Waals surface area contributed by atoms with Gasteiger partial charge < -0.3 is 15.5 Å². The van der Waals surface area contributed by atoms with Gasteiger partial charge in [-0.05, 0) is 56.6 Å². The van der Waals surface area contributed by atoms with Gasteiger partial charge in [0.15, 0.2) is 5.96 Å². The second-order valence-electron chi connectivity index (χ2n) is 7.94. The molecule has 1 fully saturated rings. The summed E-state index contributed by atoms with van der Waals surface area (Å²) in [5.74, 6) is 1.41. The molecular weight excluding hydrogens is 360 g/mol. The van der Waals surface area contributed by atoms with Gasteiger partial charge in [-0.1, -0.05) is 45.0 Å². The Morgan fingerprint density at radius 3 is 2.24 bits per heavy atom. The van der Waals surface area contributed by atoms with Crippen molar-refractivity contribution in [3.05, 3.63) is 35.4 Å². The van der Waals surface area contributed by atoms with E-state index in [1.54, 1.807) is 0 Å². The van der Waals surface area contributed by atoms with E-state index in [-0.39, 0.29) is 5.92 Å². The molecule has 5 nitrogen and oxygen atoms in total.